The standard InChI is InChI=1S/C16H14F3NO2S/c17-16(18,19)22-13-5-1-11(2-6-13)9-10-23-14-7-3-12(4-8-14)15(20)21/h1-8H,9-10H2,(H2,20,21). The highest BCUT2D eigenvalue weighted by Crippen LogP contribution is 2.24. The lowest BCUT2D eigenvalue weighted by atomic mass is 10.2. The zero-order valence-corrected chi connectivity index (χ0v) is 12.8. The van der Waals surface area contributed by atoms with E-state index < -0.39 is 12.3 Å². The molecule has 7 heteroatoms. The van der Waals surface area contributed by atoms with Gasteiger partial charge in [0.25, 0.3) is 0 Å². The van der Waals surface area contributed by atoms with Crippen LogP contribution >= 0.6 is 11.8 Å². The topological polar surface area (TPSA) is 52.3 Å². The van der Waals surface area contributed by atoms with Crippen LogP contribution < -0.4 is 10.5 Å². The number of thioether (sulfide) groups is 1. The normalized spacial score (nSPS) is 11.3. The van der Waals surface area contributed by atoms with Crippen LogP contribution in [0, 0.1) is 0 Å². The summed E-state index contributed by atoms with van der Waals surface area (Å²) in [5.74, 6) is 0.0636. The number of ether oxygens (including phenoxy) is 1. The maximum atomic E-state index is 12.1. The Kier molecular flexibility index (Phi) is 5.54. The molecule has 2 aromatic carbocycles. The van der Waals surface area contributed by atoms with E-state index in [4.69, 9.17) is 5.73 Å². The van der Waals surface area contributed by atoms with Crippen molar-refractivity contribution in [1.29, 1.82) is 0 Å². The van der Waals surface area contributed by atoms with Gasteiger partial charge in [-0.2, -0.15) is 0 Å². The number of carbonyl (C=O) groups excluding carboxylic acids is 1. The summed E-state index contributed by atoms with van der Waals surface area (Å²) in [7, 11) is 0. The highest BCUT2D eigenvalue weighted by molar-refractivity contribution is 7.99. The van der Waals surface area contributed by atoms with Crippen molar-refractivity contribution in [3.8, 4) is 5.75 Å². The summed E-state index contributed by atoms with van der Waals surface area (Å²) in [5, 5.41) is 0. The first-order valence-corrected chi connectivity index (χ1v) is 7.69. The lowest BCUT2D eigenvalue weighted by Gasteiger charge is -2.09. The van der Waals surface area contributed by atoms with E-state index in [2.05, 4.69) is 4.74 Å². The molecule has 0 aliphatic heterocycles. The van der Waals surface area contributed by atoms with Gasteiger partial charge in [0.15, 0.2) is 0 Å². The van der Waals surface area contributed by atoms with E-state index in [-0.39, 0.29) is 5.75 Å². The van der Waals surface area contributed by atoms with E-state index in [0.717, 1.165) is 16.2 Å². The zero-order chi connectivity index (χ0) is 16.9. The molecule has 0 bridgehead atoms. The molecule has 2 aromatic rings. The van der Waals surface area contributed by atoms with Crippen LogP contribution in [0.1, 0.15) is 15.9 Å². The average Bonchev–Trinajstić information content (AvgIpc) is 2.48. The molecule has 0 aliphatic rings. The number of hydrogen-bond acceptors (Lipinski definition) is 3. The number of carbonyl (C=O) groups is 1. The van der Waals surface area contributed by atoms with E-state index in [0.29, 0.717) is 12.0 Å². The van der Waals surface area contributed by atoms with Crippen molar-refractivity contribution in [2.75, 3.05) is 5.75 Å². The second-order valence-corrected chi connectivity index (χ2v) is 5.85. The fourth-order valence-electron chi connectivity index (χ4n) is 1.86. The van der Waals surface area contributed by atoms with Crippen LogP contribution in [-0.4, -0.2) is 18.0 Å². The van der Waals surface area contributed by atoms with Gasteiger partial charge in [-0.1, -0.05) is 12.1 Å². The summed E-state index contributed by atoms with van der Waals surface area (Å²) in [4.78, 5) is 12.0. The van der Waals surface area contributed by atoms with E-state index in [9.17, 15) is 18.0 Å². The van der Waals surface area contributed by atoms with Crippen LogP contribution in [0.3, 0.4) is 0 Å². The number of aryl methyl sites for hydroxylation is 1. The molecule has 0 atom stereocenters. The fourth-order valence-corrected chi connectivity index (χ4v) is 2.76. The Labute approximate surface area is 135 Å². The van der Waals surface area contributed by atoms with Crippen LogP contribution in [0.15, 0.2) is 53.4 Å². The molecule has 0 radical (unpaired) electrons. The lowest BCUT2D eigenvalue weighted by molar-refractivity contribution is -0.274. The maximum Gasteiger partial charge on any atom is 0.573 e. The minimum Gasteiger partial charge on any atom is -0.406 e. The van der Waals surface area contributed by atoms with Crippen molar-refractivity contribution in [3.63, 3.8) is 0 Å². The summed E-state index contributed by atoms with van der Waals surface area (Å²) in [6.07, 6.45) is -3.97. The molecule has 3 nitrogen and oxygen atoms in total. The highest BCUT2D eigenvalue weighted by atomic mass is 32.2. The van der Waals surface area contributed by atoms with E-state index in [1.807, 2.05) is 12.1 Å². The van der Waals surface area contributed by atoms with Gasteiger partial charge in [0, 0.05) is 16.2 Å². The molecule has 0 aromatic heterocycles. The number of primary amides is 1. The van der Waals surface area contributed by atoms with Crippen molar-refractivity contribution in [2.45, 2.75) is 17.7 Å². The summed E-state index contributed by atoms with van der Waals surface area (Å²) in [5.41, 5.74) is 6.53. The Morgan fingerprint density at radius 2 is 1.65 bits per heavy atom. The van der Waals surface area contributed by atoms with Crippen molar-refractivity contribution >= 4 is 17.7 Å². The third-order valence-electron chi connectivity index (χ3n) is 2.96. The van der Waals surface area contributed by atoms with Gasteiger partial charge < -0.3 is 10.5 Å². The first-order valence-electron chi connectivity index (χ1n) is 6.71. The van der Waals surface area contributed by atoms with E-state index in [1.54, 1.807) is 36.0 Å². The molecule has 0 saturated heterocycles. The van der Waals surface area contributed by atoms with Gasteiger partial charge in [-0.05, 0) is 48.4 Å². The van der Waals surface area contributed by atoms with Crippen molar-refractivity contribution in [2.24, 2.45) is 5.73 Å². The molecular formula is C16H14F3NO2S. The van der Waals surface area contributed by atoms with Crippen LogP contribution in [0.2, 0.25) is 0 Å². The minimum atomic E-state index is -4.67. The zero-order valence-electron chi connectivity index (χ0n) is 12.0. The Balaban J connectivity index is 1.83. The monoisotopic (exact) mass is 341 g/mol. The average molecular weight is 341 g/mol. The first-order chi connectivity index (χ1) is 10.8. The third kappa shape index (κ3) is 5.86. The predicted molar refractivity (Wildman–Crippen MR) is 82.5 cm³/mol. The van der Waals surface area contributed by atoms with Crippen LogP contribution in [0.25, 0.3) is 0 Å². The second kappa shape index (κ2) is 7.41. The van der Waals surface area contributed by atoms with Crippen molar-refractivity contribution < 1.29 is 22.7 Å². The number of nitrogens with two attached hydrogens (primary N) is 1. The van der Waals surface area contributed by atoms with Crippen LogP contribution in [-0.2, 0) is 6.42 Å². The number of halogens is 3. The molecule has 0 unspecified atom stereocenters. The predicted octanol–water partition coefficient (Wildman–Crippen LogP) is 4.02. The Morgan fingerprint density at radius 1 is 1.04 bits per heavy atom. The van der Waals surface area contributed by atoms with Gasteiger partial charge >= 0.3 is 6.36 Å². The third-order valence-corrected chi connectivity index (χ3v) is 3.97. The van der Waals surface area contributed by atoms with Gasteiger partial charge in [-0.3, -0.25) is 4.79 Å². The quantitative estimate of drug-likeness (QED) is 0.808. The molecule has 1 amide bonds. The number of hydrogen-bond donors (Lipinski definition) is 1. The SMILES string of the molecule is NC(=O)c1ccc(SCCc2ccc(OC(F)(F)F)cc2)cc1. The largest absolute Gasteiger partial charge is 0.573 e. The molecule has 0 heterocycles. The smallest absolute Gasteiger partial charge is 0.406 e. The first kappa shape index (κ1) is 17.2. The second-order valence-electron chi connectivity index (χ2n) is 4.68. The van der Waals surface area contributed by atoms with Crippen molar-refractivity contribution in [3.05, 3.63) is 59.7 Å². The van der Waals surface area contributed by atoms with Crippen molar-refractivity contribution in [1.82, 2.24) is 0 Å². The van der Waals surface area contributed by atoms with E-state index in [1.165, 1.54) is 12.1 Å². The Bertz CT molecular complexity index is 655. The van der Waals surface area contributed by atoms with Gasteiger partial charge in [0.1, 0.15) is 5.75 Å². The van der Waals surface area contributed by atoms with Gasteiger partial charge in [0.2, 0.25) is 5.91 Å². The summed E-state index contributed by atoms with van der Waals surface area (Å²) in [6, 6.07) is 12.8. The number of benzene rings is 2. The number of alkyl halides is 3. The summed E-state index contributed by atoms with van der Waals surface area (Å²) >= 11 is 1.59. The van der Waals surface area contributed by atoms with Crippen LogP contribution in [0.4, 0.5) is 13.2 Å². The molecule has 23 heavy (non-hydrogen) atoms. The molecule has 0 aliphatic carbocycles. The minimum absolute atomic E-state index is 0.226. The maximum absolute atomic E-state index is 12.1. The lowest BCUT2D eigenvalue weighted by Crippen LogP contribution is -2.17. The molecule has 2 rings (SSSR count). The molecule has 2 N–H and O–H groups in total. The molecule has 122 valence electrons. The Hall–Kier alpha value is -2.15. The highest BCUT2D eigenvalue weighted by Gasteiger charge is 2.30. The molecule has 0 fully saturated rings. The van der Waals surface area contributed by atoms with Gasteiger partial charge in [-0.15, -0.1) is 24.9 Å². The summed E-state index contributed by atoms with van der Waals surface area (Å²) in [6.45, 7) is 0. The molecule has 0 saturated carbocycles. The van der Waals surface area contributed by atoms with E-state index >= 15 is 0 Å². The van der Waals surface area contributed by atoms with Crippen LogP contribution in [0.5, 0.6) is 5.75 Å². The number of amides is 1. The molecular weight excluding hydrogens is 327 g/mol. The molecule has 0 spiro atoms. The Morgan fingerprint density at radius 3 is 2.17 bits per heavy atom. The fraction of sp³-hybridized carbons (Fsp3) is 0.188. The number of rotatable bonds is 6. The van der Waals surface area contributed by atoms with Gasteiger partial charge in [-0.25, -0.2) is 0 Å². The van der Waals surface area contributed by atoms with Gasteiger partial charge in [0.05, 0.1) is 0 Å². The summed E-state index contributed by atoms with van der Waals surface area (Å²) < 4.78 is 40.0.